The third-order valence-electron chi connectivity index (χ3n) is 2.54. The first-order valence-electron chi connectivity index (χ1n) is 4.88. The number of aryl methyl sites for hydroxylation is 1. The second-order valence-corrected chi connectivity index (χ2v) is 3.68. The number of hydrogen-bond acceptors (Lipinski definition) is 2. The van der Waals surface area contributed by atoms with Gasteiger partial charge in [-0.2, -0.15) is 13.2 Å². The molecule has 1 unspecified atom stereocenters. The van der Waals surface area contributed by atoms with Crippen molar-refractivity contribution in [1.29, 1.82) is 0 Å². The Morgan fingerprint density at radius 1 is 1.38 bits per heavy atom. The summed E-state index contributed by atoms with van der Waals surface area (Å²) in [5.41, 5.74) is 5.91. The van der Waals surface area contributed by atoms with Gasteiger partial charge >= 0.3 is 6.18 Å². The van der Waals surface area contributed by atoms with Crippen molar-refractivity contribution in [2.75, 3.05) is 13.2 Å². The van der Waals surface area contributed by atoms with Gasteiger partial charge in [-0.3, -0.25) is 0 Å². The molecule has 90 valence electrons. The first-order valence-corrected chi connectivity index (χ1v) is 4.88. The fourth-order valence-corrected chi connectivity index (χ4v) is 1.61. The van der Waals surface area contributed by atoms with Gasteiger partial charge in [-0.1, -0.05) is 6.07 Å². The monoisotopic (exact) mass is 233 g/mol. The molecule has 0 aliphatic rings. The summed E-state index contributed by atoms with van der Waals surface area (Å²) >= 11 is 0. The van der Waals surface area contributed by atoms with E-state index in [2.05, 4.69) is 0 Å². The average molecular weight is 233 g/mol. The standard InChI is InChI=1S/C11H14F3NO/c1-7-4-9(11(12,13)14)2-3-10(7)8(5-15)6-16/h2-4,8,16H,5-6,15H2,1H3. The van der Waals surface area contributed by atoms with Gasteiger partial charge in [0, 0.05) is 12.5 Å². The lowest BCUT2D eigenvalue weighted by atomic mass is 9.94. The molecule has 2 nitrogen and oxygen atoms in total. The van der Waals surface area contributed by atoms with Crippen molar-refractivity contribution in [2.45, 2.75) is 19.0 Å². The molecule has 3 N–H and O–H groups in total. The maximum atomic E-state index is 12.4. The van der Waals surface area contributed by atoms with Crippen LogP contribution in [0.15, 0.2) is 18.2 Å². The van der Waals surface area contributed by atoms with E-state index in [1.165, 1.54) is 6.07 Å². The Labute approximate surface area is 91.9 Å². The molecular formula is C11H14F3NO. The maximum absolute atomic E-state index is 12.4. The number of benzene rings is 1. The quantitative estimate of drug-likeness (QED) is 0.839. The van der Waals surface area contributed by atoms with E-state index in [1.807, 2.05) is 0 Å². The lowest BCUT2D eigenvalue weighted by molar-refractivity contribution is -0.137. The zero-order valence-electron chi connectivity index (χ0n) is 8.88. The minimum atomic E-state index is -4.33. The molecule has 0 amide bonds. The zero-order valence-corrected chi connectivity index (χ0v) is 8.88. The first-order chi connectivity index (χ1) is 7.40. The third kappa shape index (κ3) is 2.74. The SMILES string of the molecule is Cc1cc(C(F)(F)F)ccc1C(CN)CO. The molecule has 1 rings (SSSR count). The summed E-state index contributed by atoms with van der Waals surface area (Å²) in [6, 6.07) is 3.47. The van der Waals surface area contributed by atoms with E-state index >= 15 is 0 Å². The van der Waals surface area contributed by atoms with E-state index in [-0.39, 0.29) is 19.1 Å². The van der Waals surface area contributed by atoms with Crippen molar-refractivity contribution >= 4 is 0 Å². The van der Waals surface area contributed by atoms with Crippen molar-refractivity contribution < 1.29 is 18.3 Å². The lowest BCUT2D eigenvalue weighted by Gasteiger charge is -2.16. The third-order valence-corrected chi connectivity index (χ3v) is 2.54. The predicted octanol–water partition coefficient (Wildman–Crippen LogP) is 2.05. The van der Waals surface area contributed by atoms with Gasteiger partial charge < -0.3 is 10.8 Å². The molecule has 1 atom stereocenters. The summed E-state index contributed by atoms with van der Waals surface area (Å²) in [6.07, 6.45) is -4.33. The molecule has 0 aliphatic carbocycles. The molecule has 0 fully saturated rings. The van der Waals surface area contributed by atoms with Crippen LogP contribution < -0.4 is 5.73 Å². The minimum absolute atomic E-state index is 0.164. The highest BCUT2D eigenvalue weighted by Gasteiger charge is 2.30. The van der Waals surface area contributed by atoms with Crippen LogP contribution in [0.2, 0.25) is 0 Å². The Kier molecular flexibility index (Phi) is 3.93. The number of aliphatic hydroxyl groups excluding tert-OH is 1. The fraction of sp³-hybridized carbons (Fsp3) is 0.455. The van der Waals surface area contributed by atoms with Gasteiger partial charge in [0.15, 0.2) is 0 Å². The normalized spacial score (nSPS) is 13.9. The number of alkyl halides is 3. The van der Waals surface area contributed by atoms with E-state index in [0.29, 0.717) is 11.1 Å². The highest BCUT2D eigenvalue weighted by molar-refractivity contribution is 5.35. The lowest BCUT2D eigenvalue weighted by Crippen LogP contribution is -2.17. The van der Waals surface area contributed by atoms with E-state index in [1.54, 1.807) is 6.92 Å². The van der Waals surface area contributed by atoms with E-state index in [4.69, 9.17) is 10.8 Å². The highest BCUT2D eigenvalue weighted by atomic mass is 19.4. The van der Waals surface area contributed by atoms with Gasteiger partial charge in [0.2, 0.25) is 0 Å². The number of nitrogens with two attached hydrogens (primary N) is 1. The molecule has 0 heterocycles. The number of hydrogen-bond donors (Lipinski definition) is 2. The molecule has 0 radical (unpaired) electrons. The smallest absolute Gasteiger partial charge is 0.396 e. The van der Waals surface area contributed by atoms with Crippen LogP contribution >= 0.6 is 0 Å². The first kappa shape index (κ1) is 13.0. The summed E-state index contributed by atoms with van der Waals surface area (Å²) in [4.78, 5) is 0. The van der Waals surface area contributed by atoms with Gasteiger partial charge in [-0.15, -0.1) is 0 Å². The van der Waals surface area contributed by atoms with Crippen LogP contribution in [0, 0.1) is 6.92 Å². The van der Waals surface area contributed by atoms with Gasteiger partial charge in [0.25, 0.3) is 0 Å². The Morgan fingerprint density at radius 3 is 2.38 bits per heavy atom. The summed E-state index contributed by atoms with van der Waals surface area (Å²) < 4.78 is 37.2. The predicted molar refractivity (Wildman–Crippen MR) is 55.1 cm³/mol. The molecule has 0 saturated carbocycles. The summed E-state index contributed by atoms with van der Waals surface area (Å²) in [5, 5.41) is 9.03. The van der Waals surface area contributed by atoms with Crippen LogP contribution in [0.1, 0.15) is 22.6 Å². The Bertz CT molecular complexity index is 359. The summed E-state index contributed by atoms with van der Waals surface area (Å²) in [7, 11) is 0. The largest absolute Gasteiger partial charge is 0.416 e. The van der Waals surface area contributed by atoms with E-state index in [0.717, 1.165) is 12.1 Å². The molecule has 1 aromatic carbocycles. The van der Waals surface area contributed by atoms with Crippen molar-refractivity contribution in [3.05, 3.63) is 34.9 Å². The van der Waals surface area contributed by atoms with Crippen LogP contribution in [-0.2, 0) is 6.18 Å². The number of halogens is 3. The van der Waals surface area contributed by atoms with Crippen molar-refractivity contribution in [3.63, 3.8) is 0 Å². The molecule has 0 aliphatic heterocycles. The summed E-state index contributed by atoms with van der Waals surface area (Å²) in [5.74, 6) is -0.303. The van der Waals surface area contributed by atoms with Crippen molar-refractivity contribution in [3.8, 4) is 0 Å². The zero-order chi connectivity index (χ0) is 12.3. The molecule has 1 aromatic rings. The summed E-state index contributed by atoms with van der Waals surface area (Å²) in [6.45, 7) is 1.63. The molecule has 16 heavy (non-hydrogen) atoms. The van der Waals surface area contributed by atoms with Crippen LogP contribution in [-0.4, -0.2) is 18.3 Å². The second-order valence-electron chi connectivity index (χ2n) is 3.68. The molecule has 5 heteroatoms. The van der Waals surface area contributed by atoms with Gasteiger partial charge in [0.05, 0.1) is 12.2 Å². The average Bonchev–Trinajstić information content (AvgIpc) is 2.20. The number of aliphatic hydroxyl groups is 1. The molecule has 0 bridgehead atoms. The van der Waals surface area contributed by atoms with Gasteiger partial charge in [-0.05, 0) is 30.2 Å². The minimum Gasteiger partial charge on any atom is -0.396 e. The molecule has 0 spiro atoms. The van der Waals surface area contributed by atoms with Crippen LogP contribution in [0.4, 0.5) is 13.2 Å². The molecular weight excluding hydrogens is 219 g/mol. The Balaban J connectivity index is 3.09. The van der Waals surface area contributed by atoms with Crippen LogP contribution in [0.25, 0.3) is 0 Å². The van der Waals surface area contributed by atoms with Crippen molar-refractivity contribution in [1.82, 2.24) is 0 Å². The second kappa shape index (κ2) is 4.84. The van der Waals surface area contributed by atoms with Crippen LogP contribution in [0.5, 0.6) is 0 Å². The topological polar surface area (TPSA) is 46.2 Å². The Morgan fingerprint density at radius 2 is 2.00 bits per heavy atom. The fourth-order valence-electron chi connectivity index (χ4n) is 1.61. The van der Waals surface area contributed by atoms with E-state index in [9.17, 15) is 13.2 Å². The van der Waals surface area contributed by atoms with Crippen LogP contribution in [0.3, 0.4) is 0 Å². The van der Waals surface area contributed by atoms with Crippen molar-refractivity contribution in [2.24, 2.45) is 5.73 Å². The van der Waals surface area contributed by atoms with E-state index < -0.39 is 11.7 Å². The highest BCUT2D eigenvalue weighted by Crippen LogP contribution is 2.31. The molecule has 0 saturated heterocycles. The molecule has 0 aromatic heterocycles. The van der Waals surface area contributed by atoms with Gasteiger partial charge in [0.1, 0.15) is 0 Å². The Hall–Kier alpha value is -1.07. The maximum Gasteiger partial charge on any atom is 0.416 e. The number of rotatable bonds is 3. The van der Waals surface area contributed by atoms with Gasteiger partial charge in [-0.25, -0.2) is 0 Å².